The molecule has 2 atom stereocenters. The number of methoxy groups -OCH3 is 2. The fourth-order valence-electron chi connectivity index (χ4n) is 2.96. The van der Waals surface area contributed by atoms with Crippen molar-refractivity contribution in [2.45, 2.75) is 25.0 Å². The Kier molecular flexibility index (Phi) is 6.89. The van der Waals surface area contributed by atoms with E-state index < -0.39 is 18.0 Å². The normalized spacial score (nSPS) is 17.0. The van der Waals surface area contributed by atoms with E-state index in [0.717, 1.165) is 12.8 Å². The third kappa shape index (κ3) is 4.82. The molecular formula is C20H23NO6S. The number of hydrogen-bond donors (Lipinski definition) is 1. The second kappa shape index (κ2) is 9.57. The Labute approximate surface area is 167 Å². The van der Waals surface area contributed by atoms with Crippen molar-refractivity contribution in [2.24, 2.45) is 0 Å². The van der Waals surface area contributed by atoms with Crippen LogP contribution in [-0.4, -0.2) is 45.4 Å². The topological polar surface area (TPSA) is 83.1 Å². The highest BCUT2D eigenvalue weighted by Crippen LogP contribution is 2.32. The van der Waals surface area contributed by atoms with Crippen molar-refractivity contribution in [1.29, 1.82) is 0 Å². The molecule has 8 heteroatoms. The van der Waals surface area contributed by atoms with Gasteiger partial charge in [-0.2, -0.15) is 0 Å². The number of carbonyl (C=O) groups is 2. The summed E-state index contributed by atoms with van der Waals surface area (Å²) in [6.07, 6.45) is 0.752. The van der Waals surface area contributed by atoms with Gasteiger partial charge in [-0.15, -0.1) is 11.3 Å². The van der Waals surface area contributed by atoms with Gasteiger partial charge in [-0.05, 0) is 36.4 Å². The molecule has 28 heavy (non-hydrogen) atoms. The van der Waals surface area contributed by atoms with E-state index in [2.05, 4.69) is 5.32 Å². The van der Waals surface area contributed by atoms with Crippen LogP contribution in [0.5, 0.6) is 11.5 Å². The van der Waals surface area contributed by atoms with Crippen molar-refractivity contribution in [1.82, 2.24) is 5.32 Å². The summed E-state index contributed by atoms with van der Waals surface area (Å²) in [5.41, 5.74) is 0.493. The fourth-order valence-corrected chi connectivity index (χ4v) is 3.57. The molecule has 2 aromatic rings. The van der Waals surface area contributed by atoms with Crippen LogP contribution in [-0.2, 0) is 14.3 Å². The SMILES string of the molecule is COc1ccc([C@@H](OC(=O)c2cccs2)C(=O)NC[C@@H]2CCCO2)cc1OC. The average molecular weight is 405 g/mol. The maximum Gasteiger partial charge on any atom is 0.349 e. The molecule has 0 spiro atoms. The maximum absolute atomic E-state index is 12.8. The summed E-state index contributed by atoms with van der Waals surface area (Å²) in [6, 6.07) is 8.40. The van der Waals surface area contributed by atoms with E-state index in [1.165, 1.54) is 25.6 Å². The maximum atomic E-state index is 12.8. The quantitative estimate of drug-likeness (QED) is 0.680. The van der Waals surface area contributed by atoms with E-state index in [0.29, 0.717) is 35.1 Å². The second-order valence-corrected chi connectivity index (χ2v) is 7.20. The number of thiophene rings is 1. The summed E-state index contributed by atoms with van der Waals surface area (Å²) in [5.74, 6) is 0.00752. The first-order valence-electron chi connectivity index (χ1n) is 8.98. The summed E-state index contributed by atoms with van der Waals surface area (Å²) in [6.45, 7) is 1.08. The molecule has 1 amide bonds. The van der Waals surface area contributed by atoms with E-state index in [4.69, 9.17) is 18.9 Å². The van der Waals surface area contributed by atoms with Gasteiger partial charge in [0.25, 0.3) is 5.91 Å². The lowest BCUT2D eigenvalue weighted by Crippen LogP contribution is -2.37. The molecule has 1 aliphatic rings. The highest BCUT2D eigenvalue weighted by atomic mass is 32.1. The Hall–Kier alpha value is -2.58. The van der Waals surface area contributed by atoms with Gasteiger partial charge in [-0.1, -0.05) is 12.1 Å². The molecule has 0 bridgehead atoms. The number of hydrogen-bond acceptors (Lipinski definition) is 7. The van der Waals surface area contributed by atoms with Crippen molar-refractivity contribution < 1.29 is 28.5 Å². The smallest absolute Gasteiger partial charge is 0.349 e. The second-order valence-electron chi connectivity index (χ2n) is 6.26. The molecule has 1 aromatic heterocycles. The number of rotatable bonds is 8. The molecular weight excluding hydrogens is 382 g/mol. The van der Waals surface area contributed by atoms with Gasteiger partial charge in [-0.25, -0.2) is 4.79 Å². The predicted molar refractivity (Wildman–Crippen MR) is 104 cm³/mol. The molecule has 3 rings (SSSR count). The fraction of sp³-hybridized carbons (Fsp3) is 0.400. The molecule has 150 valence electrons. The van der Waals surface area contributed by atoms with Crippen LogP contribution in [0.1, 0.15) is 34.2 Å². The number of carbonyl (C=O) groups excluding carboxylic acids is 2. The van der Waals surface area contributed by atoms with Crippen LogP contribution >= 0.6 is 11.3 Å². The lowest BCUT2D eigenvalue weighted by Gasteiger charge is -2.20. The molecule has 0 saturated carbocycles. The van der Waals surface area contributed by atoms with Gasteiger partial charge in [0.1, 0.15) is 4.88 Å². The molecule has 0 unspecified atom stereocenters. The highest BCUT2D eigenvalue weighted by molar-refractivity contribution is 7.11. The van der Waals surface area contributed by atoms with E-state index in [-0.39, 0.29) is 6.10 Å². The van der Waals surface area contributed by atoms with Gasteiger partial charge in [0.2, 0.25) is 6.10 Å². The third-order valence-corrected chi connectivity index (χ3v) is 5.27. The lowest BCUT2D eigenvalue weighted by molar-refractivity contribution is -0.130. The van der Waals surface area contributed by atoms with Crippen molar-refractivity contribution >= 4 is 23.2 Å². The minimum absolute atomic E-state index is 0.0111. The predicted octanol–water partition coefficient (Wildman–Crippen LogP) is 2.96. The summed E-state index contributed by atoms with van der Waals surface area (Å²) in [4.78, 5) is 25.7. The van der Waals surface area contributed by atoms with E-state index >= 15 is 0 Å². The first-order chi connectivity index (χ1) is 13.6. The van der Waals surface area contributed by atoms with Crippen LogP contribution in [0.15, 0.2) is 35.7 Å². The minimum atomic E-state index is -1.11. The van der Waals surface area contributed by atoms with Gasteiger partial charge in [0.15, 0.2) is 11.5 Å². The molecule has 0 aliphatic carbocycles. The Morgan fingerprint density at radius 1 is 1.25 bits per heavy atom. The molecule has 1 fully saturated rings. The van der Waals surface area contributed by atoms with Gasteiger partial charge >= 0.3 is 5.97 Å². The monoisotopic (exact) mass is 405 g/mol. The lowest BCUT2D eigenvalue weighted by atomic mass is 10.1. The molecule has 7 nitrogen and oxygen atoms in total. The van der Waals surface area contributed by atoms with Crippen LogP contribution in [0.4, 0.5) is 0 Å². The van der Waals surface area contributed by atoms with E-state index in [9.17, 15) is 9.59 Å². The molecule has 0 radical (unpaired) electrons. The van der Waals surface area contributed by atoms with Crippen LogP contribution in [0.25, 0.3) is 0 Å². The van der Waals surface area contributed by atoms with Gasteiger partial charge in [0.05, 0.1) is 20.3 Å². The molecule has 1 aliphatic heterocycles. The molecule has 2 heterocycles. The zero-order valence-corrected chi connectivity index (χ0v) is 16.6. The molecule has 1 N–H and O–H groups in total. The molecule has 1 saturated heterocycles. The molecule has 1 aromatic carbocycles. The Morgan fingerprint density at radius 2 is 2.07 bits per heavy atom. The van der Waals surface area contributed by atoms with E-state index in [1.807, 2.05) is 0 Å². The Bertz CT molecular complexity index is 801. The zero-order chi connectivity index (χ0) is 19.9. The largest absolute Gasteiger partial charge is 0.493 e. The summed E-state index contributed by atoms with van der Waals surface area (Å²) in [5, 5.41) is 4.61. The zero-order valence-electron chi connectivity index (χ0n) is 15.8. The number of benzene rings is 1. The average Bonchev–Trinajstić information content (AvgIpc) is 3.43. The summed E-state index contributed by atoms with van der Waals surface area (Å²) in [7, 11) is 3.03. The van der Waals surface area contributed by atoms with Crippen molar-refractivity contribution in [3.63, 3.8) is 0 Å². The van der Waals surface area contributed by atoms with Crippen molar-refractivity contribution in [2.75, 3.05) is 27.4 Å². The van der Waals surface area contributed by atoms with Gasteiger partial charge in [-0.3, -0.25) is 4.79 Å². The number of amides is 1. The number of esters is 1. The van der Waals surface area contributed by atoms with Crippen LogP contribution in [0.3, 0.4) is 0 Å². The van der Waals surface area contributed by atoms with Crippen molar-refractivity contribution in [3.8, 4) is 11.5 Å². The van der Waals surface area contributed by atoms with Gasteiger partial charge < -0.3 is 24.3 Å². The standard InChI is InChI=1S/C20H23NO6S/c1-24-15-8-7-13(11-16(15)25-2)18(27-20(23)17-6-4-10-28-17)19(22)21-12-14-5-3-9-26-14/h4,6-8,10-11,14,18H,3,5,9,12H2,1-2H3,(H,21,22)/t14-,18+/m0/s1. The summed E-state index contributed by atoms with van der Waals surface area (Å²) >= 11 is 1.26. The van der Waals surface area contributed by atoms with Crippen molar-refractivity contribution in [3.05, 3.63) is 46.2 Å². The number of nitrogens with one attached hydrogen (secondary N) is 1. The highest BCUT2D eigenvalue weighted by Gasteiger charge is 2.28. The minimum Gasteiger partial charge on any atom is -0.493 e. The number of ether oxygens (including phenoxy) is 4. The first-order valence-corrected chi connectivity index (χ1v) is 9.86. The summed E-state index contributed by atoms with van der Waals surface area (Å²) < 4.78 is 21.6. The first kappa shape index (κ1) is 20.2. The van der Waals surface area contributed by atoms with Crippen LogP contribution in [0.2, 0.25) is 0 Å². The van der Waals surface area contributed by atoms with E-state index in [1.54, 1.807) is 35.7 Å². The third-order valence-electron chi connectivity index (χ3n) is 4.42. The van der Waals surface area contributed by atoms with Gasteiger partial charge in [0, 0.05) is 18.7 Å². The Balaban J connectivity index is 1.80. The van der Waals surface area contributed by atoms with Crippen LogP contribution < -0.4 is 14.8 Å². The Morgan fingerprint density at radius 3 is 2.71 bits per heavy atom. The van der Waals surface area contributed by atoms with Crippen LogP contribution in [0, 0.1) is 0 Å².